The third-order valence-corrected chi connectivity index (χ3v) is 2.30. The Labute approximate surface area is 78.1 Å². The summed E-state index contributed by atoms with van der Waals surface area (Å²) in [6, 6.07) is 8.09. The van der Waals surface area contributed by atoms with Crippen LogP contribution in [-0.2, 0) is 0 Å². The average Bonchev–Trinajstić information content (AvgIpc) is 2.17. The molecule has 0 fully saturated rings. The van der Waals surface area contributed by atoms with Gasteiger partial charge in [0.15, 0.2) is 0 Å². The summed E-state index contributed by atoms with van der Waals surface area (Å²) >= 11 is 0. The maximum absolute atomic E-state index is 9.52. The van der Waals surface area contributed by atoms with Gasteiger partial charge in [-0.15, -0.1) is 0 Å². The number of aliphatic hydroxyl groups is 1. The van der Waals surface area contributed by atoms with E-state index in [1.54, 1.807) is 6.92 Å². The van der Waals surface area contributed by atoms with Crippen LogP contribution in [-0.4, -0.2) is 17.9 Å². The second kappa shape index (κ2) is 3.23. The highest BCUT2D eigenvalue weighted by atomic mass is 16.3. The summed E-state index contributed by atoms with van der Waals surface area (Å²) in [6.45, 7) is 2.57. The Morgan fingerprint density at radius 2 is 2.15 bits per heavy atom. The SMILES string of the molecule is CC(O)N1CC=Cc2ccccc21. The van der Waals surface area contributed by atoms with Crippen LogP contribution in [0.1, 0.15) is 12.5 Å². The zero-order valence-electron chi connectivity index (χ0n) is 7.64. The first kappa shape index (κ1) is 8.32. The van der Waals surface area contributed by atoms with Crippen molar-refractivity contribution in [1.29, 1.82) is 0 Å². The Morgan fingerprint density at radius 1 is 1.38 bits per heavy atom. The van der Waals surface area contributed by atoms with Crippen molar-refractivity contribution >= 4 is 11.8 Å². The molecular weight excluding hydrogens is 162 g/mol. The van der Waals surface area contributed by atoms with E-state index in [2.05, 4.69) is 18.2 Å². The lowest BCUT2D eigenvalue weighted by Gasteiger charge is -2.30. The van der Waals surface area contributed by atoms with Crippen LogP contribution in [0.25, 0.3) is 6.08 Å². The number of rotatable bonds is 1. The fourth-order valence-electron chi connectivity index (χ4n) is 1.64. The minimum atomic E-state index is -0.425. The van der Waals surface area contributed by atoms with Crippen LogP contribution in [0.2, 0.25) is 0 Å². The number of aliphatic hydroxyl groups excluding tert-OH is 1. The fourth-order valence-corrected chi connectivity index (χ4v) is 1.64. The highest BCUT2D eigenvalue weighted by Gasteiger charge is 2.15. The van der Waals surface area contributed by atoms with E-state index in [0.29, 0.717) is 0 Å². The molecule has 0 amide bonds. The van der Waals surface area contributed by atoms with Crippen molar-refractivity contribution in [1.82, 2.24) is 0 Å². The molecule has 0 saturated heterocycles. The Morgan fingerprint density at radius 3 is 2.92 bits per heavy atom. The molecular formula is C11H13NO. The van der Waals surface area contributed by atoms with Crippen LogP contribution < -0.4 is 4.90 Å². The number of para-hydroxylation sites is 1. The minimum Gasteiger partial charge on any atom is -0.374 e. The van der Waals surface area contributed by atoms with Crippen molar-refractivity contribution in [2.75, 3.05) is 11.4 Å². The van der Waals surface area contributed by atoms with E-state index in [-0.39, 0.29) is 0 Å². The van der Waals surface area contributed by atoms with Crippen LogP contribution in [0, 0.1) is 0 Å². The number of nitrogens with zero attached hydrogens (tertiary/aromatic N) is 1. The summed E-state index contributed by atoms with van der Waals surface area (Å²) in [5, 5.41) is 9.52. The smallest absolute Gasteiger partial charge is 0.124 e. The predicted octanol–water partition coefficient (Wildman–Crippen LogP) is 1.86. The summed E-state index contributed by atoms with van der Waals surface area (Å²) in [4.78, 5) is 1.97. The molecule has 1 atom stereocenters. The fraction of sp³-hybridized carbons (Fsp3) is 0.273. The van der Waals surface area contributed by atoms with E-state index in [9.17, 15) is 5.11 Å². The van der Waals surface area contributed by atoms with E-state index in [4.69, 9.17) is 0 Å². The van der Waals surface area contributed by atoms with Crippen molar-refractivity contribution in [2.24, 2.45) is 0 Å². The molecule has 1 aromatic carbocycles. The molecule has 2 heteroatoms. The molecule has 13 heavy (non-hydrogen) atoms. The van der Waals surface area contributed by atoms with Crippen LogP contribution in [0.4, 0.5) is 5.69 Å². The van der Waals surface area contributed by atoms with E-state index < -0.39 is 6.23 Å². The average molecular weight is 175 g/mol. The monoisotopic (exact) mass is 175 g/mol. The number of hydrogen-bond acceptors (Lipinski definition) is 2. The molecule has 0 spiro atoms. The van der Waals surface area contributed by atoms with E-state index in [0.717, 1.165) is 12.2 Å². The Hall–Kier alpha value is -1.28. The molecule has 0 bridgehead atoms. The van der Waals surface area contributed by atoms with Crippen LogP contribution in [0.5, 0.6) is 0 Å². The molecule has 0 aliphatic carbocycles. The van der Waals surface area contributed by atoms with Gasteiger partial charge in [-0.2, -0.15) is 0 Å². The molecule has 1 aliphatic heterocycles. The number of fused-ring (bicyclic) bond motifs is 1. The van der Waals surface area contributed by atoms with Crippen molar-refractivity contribution in [3.8, 4) is 0 Å². The lowest BCUT2D eigenvalue weighted by atomic mass is 10.1. The Bertz CT molecular complexity index is 331. The van der Waals surface area contributed by atoms with Crippen molar-refractivity contribution in [3.63, 3.8) is 0 Å². The van der Waals surface area contributed by atoms with Gasteiger partial charge in [-0.05, 0) is 18.6 Å². The van der Waals surface area contributed by atoms with Gasteiger partial charge in [-0.3, -0.25) is 0 Å². The second-order valence-electron chi connectivity index (χ2n) is 3.25. The Balaban J connectivity index is 2.43. The standard InChI is InChI=1S/C11H13NO/c1-9(13)12-8-4-6-10-5-2-3-7-11(10)12/h2-7,9,13H,8H2,1H3. The second-order valence-corrected chi connectivity index (χ2v) is 3.25. The van der Waals surface area contributed by atoms with Gasteiger partial charge in [-0.25, -0.2) is 0 Å². The largest absolute Gasteiger partial charge is 0.374 e. The molecule has 1 unspecified atom stereocenters. The minimum absolute atomic E-state index is 0.425. The van der Waals surface area contributed by atoms with E-state index in [1.165, 1.54) is 5.56 Å². The van der Waals surface area contributed by atoms with Crippen LogP contribution >= 0.6 is 0 Å². The van der Waals surface area contributed by atoms with Gasteiger partial charge < -0.3 is 10.0 Å². The lowest BCUT2D eigenvalue weighted by Crippen LogP contribution is -2.34. The number of anilines is 1. The zero-order valence-corrected chi connectivity index (χ0v) is 7.64. The Kier molecular flexibility index (Phi) is 2.07. The van der Waals surface area contributed by atoms with E-state index in [1.807, 2.05) is 23.1 Å². The lowest BCUT2D eigenvalue weighted by molar-refractivity contribution is 0.191. The molecule has 68 valence electrons. The van der Waals surface area contributed by atoms with Crippen molar-refractivity contribution in [2.45, 2.75) is 13.2 Å². The van der Waals surface area contributed by atoms with Gasteiger partial charge in [0.1, 0.15) is 6.23 Å². The molecule has 0 saturated carbocycles. The number of hydrogen-bond donors (Lipinski definition) is 1. The van der Waals surface area contributed by atoms with E-state index >= 15 is 0 Å². The number of benzene rings is 1. The summed E-state index contributed by atoms with van der Waals surface area (Å²) in [5.41, 5.74) is 2.29. The quantitative estimate of drug-likeness (QED) is 0.704. The predicted molar refractivity (Wildman–Crippen MR) is 54.5 cm³/mol. The maximum atomic E-state index is 9.52. The van der Waals surface area contributed by atoms with Crippen LogP contribution in [0.15, 0.2) is 30.3 Å². The van der Waals surface area contributed by atoms with Gasteiger partial charge in [0.25, 0.3) is 0 Å². The first-order valence-electron chi connectivity index (χ1n) is 4.49. The molecule has 0 radical (unpaired) electrons. The first-order valence-corrected chi connectivity index (χ1v) is 4.49. The summed E-state index contributed by atoms with van der Waals surface area (Å²) in [6.07, 6.45) is 3.73. The maximum Gasteiger partial charge on any atom is 0.124 e. The molecule has 0 aromatic heterocycles. The summed E-state index contributed by atoms with van der Waals surface area (Å²) in [7, 11) is 0. The molecule has 2 nitrogen and oxygen atoms in total. The molecule has 2 rings (SSSR count). The molecule has 1 aliphatic rings. The highest BCUT2D eigenvalue weighted by Crippen LogP contribution is 2.26. The normalized spacial score (nSPS) is 16.9. The molecule has 1 heterocycles. The van der Waals surface area contributed by atoms with Gasteiger partial charge in [0.05, 0.1) is 0 Å². The molecule has 1 aromatic rings. The summed E-state index contributed by atoms with van der Waals surface area (Å²) in [5.74, 6) is 0. The van der Waals surface area contributed by atoms with Crippen LogP contribution in [0.3, 0.4) is 0 Å². The van der Waals surface area contributed by atoms with Crippen molar-refractivity contribution < 1.29 is 5.11 Å². The summed E-state index contributed by atoms with van der Waals surface area (Å²) < 4.78 is 0. The third-order valence-electron chi connectivity index (χ3n) is 2.30. The first-order chi connectivity index (χ1) is 6.29. The third kappa shape index (κ3) is 1.45. The van der Waals surface area contributed by atoms with Gasteiger partial charge in [-0.1, -0.05) is 30.4 Å². The zero-order chi connectivity index (χ0) is 9.26. The van der Waals surface area contributed by atoms with Crippen molar-refractivity contribution in [3.05, 3.63) is 35.9 Å². The van der Waals surface area contributed by atoms with Gasteiger partial charge >= 0.3 is 0 Å². The molecule has 1 N–H and O–H groups in total. The highest BCUT2D eigenvalue weighted by molar-refractivity contribution is 5.71. The van der Waals surface area contributed by atoms with Gasteiger partial charge in [0.2, 0.25) is 0 Å². The van der Waals surface area contributed by atoms with Gasteiger partial charge in [0, 0.05) is 12.2 Å². The topological polar surface area (TPSA) is 23.5 Å².